The number of fused-ring (bicyclic) bond motifs is 1. The maximum atomic E-state index is 13.3. The molecule has 1 aliphatic heterocycles. The topological polar surface area (TPSA) is 81.7 Å². The van der Waals surface area contributed by atoms with Crippen molar-refractivity contribution in [3.8, 4) is 6.07 Å². The van der Waals surface area contributed by atoms with Gasteiger partial charge in [-0.05, 0) is 62.1 Å². The highest BCUT2D eigenvalue weighted by molar-refractivity contribution is 6.37. The largest absolute Gasteiger partial charge is 0.458 e. The van der Waals surface area contributed by atoms with E-state index in [9.17, 15) is 18.0 Å². The maximum absolute atomic E-state index is 13.3. The zero-order chi connectivity index (χ0) is 29.1. The molecule has 2 aliphatic rings. The van der Waals surface area contributed by atoms with Crippen molar-refractivity contribution in [3.63, 3.8) is 0 Å². The molecule has 1 saturated carbocycles. The predicted octanol–water partition coefficient (Wildman–Crippen LogP) is 6.71. The number of anilines is 1. The van der Waals surface area contributed by atoms with Crippen LogP contribution in [-0.4, -0.2) is 60.6 Å². The molecule has 218 valence electrons. The zero-order valence-corrected chi connectivity index (χ0v) is 23.7. The van der Waals surface area contributed by atoms with E-state index in [1.54, 1.807) is 29.2 Å². The molecule has 2 fully saturated rings. The van der Waals surface area contributed by atoms with E-state index in [1.165, 1.54) is 12.1 Å². The first kappa shape index (κ1) is 29.5. The Balaban J connectivity index is 1.03. The number of carbonyl (C=O) groups excluding carboxylic acids is 1. The van der Waals surface area contributed by atoms with Crippen LogP contribution in [0.2, 0.25) is 10.0 Å². The normalized spacial score (nSPS) is 20.2. The van der Waals surface area contributed by atoms with Gasteiger partial charge in [0.25, 0.3) is 0 Å². The van der Waals surface area contributed by atoms with Crippen LogP contribution >= 0.6 is 23.2 Å². The fourth-order valence-corrected chi connectivity index (χ4v) is 5.82. The average Bonchev–Trinajstić information content (AvgIpc) is 3.26. The number of carbonyl (C=O) groups is 1. The Morgan fingerprint density at radius 2 is 1.80 bits per heavy atom. The van der Waals surface area contributed by atoms with E-state index in [1.807, 2.05) is 0 Å². The SMILES string of the molecule is N#Cc1ccc(NC2CCC(OCC(=O)N3CCN(Cc4oc5ccc(Cl)cc5c4Cl)CC3)CC2)cc1C(F)(F)F. The van der Waals surface area contributed by atoms with Gasteiger partial charge in [0.2, 0.25) is 5.91 Å². The molecule has 0 atom stereocenters. The van der Waals surface area contributed by atoms with Crippen LogP contribution in [0.3, 0.4) is 0 Å². The second-order valence-corrected chi connectivity index (χ2v) is 11.2. The quantitative estimate of drug-likeness (QED) is 0.321. The summed E-state index contributed by atoms with van der Waals surface area (Å²) in [5.41, 5.74) is -0.310. The van der Waals surface area contributed by atoms with Crippen LogP contribution in [0.15, 0.2) is 40.8 Å². The Morgan fingerprint density at radius 3 is 2.49 bits per heavy atom. The van der Waals surface area contributed by atoms with Gasteiger partial charge in [0, 0.05) is 48.3 Å². The predicted molar refractivity (Wildman–Crippen MR) is 150 cm³/mol. The fourth-order valence-electron chi connectivity index (χ4n) is 5.41. The molecule has 0 spiro atoms. The molecule has 1 N–H and O–H groups in total. The summed E-state index contributed by atoms with van der Waals surface area (Å²) < 4.78 is 51.6. The molecule has 0 bridgehead atoms. The van der Waals surface area contributed by atoms with Crippen LogP contribution in [-0.2, 0) is 22.3 Å². The lowest BCUT2D eigenvalue weighted by atomic mass is 9.92. The number of amides is 1. The third-order valence-electron chi connectivity index (χ3n) is 7.68. The standard InChI is InChI=1S/C29H29Cl2F3N4O3/c30-19-2-8-25-23(13-19)28(31)26(41-25)16-37-9-11-38(12-10-37)27(39)17-40-22-6-4-20(5-7-22)36-21-3-1-18(15-35)24(14-21)29(32,33)34/h1-3,8,13-14,20,22,36H,4-7,9-12,16-17H2. The molecule has 0 radical (unpaired) electrons. The molecule has 12 heteroatoms. The number of nitriles is 1. The van der Waals surface area contributed by atoms with Crippen molar-refractivity contribution in [2.24, 2.45) is 0 Å². The zero-order valence-electron chi connectivity index (χ0n) is 22.1. The monoisotopic (exact) mass is 608 g/mol. The summed E-state index contributed by atoms with van der Waals surface area (Å²) in [4.78, 5) is 16.8. The third kappa shape index (κ3) is 7.09. The number of ether oxygens (including phenoxy) is 1. The smallest absolute Gasteiger partial charge is 0.417 e. The molecule has 1 amide bonds. The van der Waals surface area contributed by atoms with Gasteiger partial charge in [-0.3, -0.25) is 9.69 Å². The van der Waals surface area contributed by atoms with Gasteiger partial charge in [0.1, 0.15) is 18.0 Å². The van der Waals surface area contributed by atoms with E-state index < -0.39 is 17.3 Å². The van der Waals surface area contributed by atoms with Crippen molar-refractivity contribution in [2.75, 3.05) is 38.1 Å². The van der Waals surface area contributed by atoms with Crippen LogP contribution in [0.4, 0.5) is 18.9 Å². The van der Waals surface area contributed by atoms with Gasteiger partial charge >= 0.3 is 6.18 Å². The van der Waals surface area contributed by atoms with Crippen molar-refractivity contribution < 1.29 is 27.1 Å². The molecule has 2 aromatic carbocycles. The van der Waals surface area contributed by atoms with E-state index in [-0.39, 0.29) is 24.7 Å². The molecule has 7 nitrogen and oxygen atoms in total. The van der Waals surface area contributed by atoms with Gasteiger partial charge in [-0.15, -0.1) is 0 Å². The van der Waals surface area contributed by atoms with E-state index in [0.717, 1.165) is 11.5 Å². The van der Waals surface area contributed by atoms with Gasteiger partial charge in [-0.2, -0.15) is 18.4 Å². The van der Waals surface area contributed by atoms with Gasteiger partial charge < -0.3 is 19.4 Å². The van der Waals surface area contributed by atoms with Crippen LogP contribution in [0.25, 0.3) is 11.0 Å². The summed E-state index contributed by atoms with van der Waals surface area (Å²) in [7, 11) is 0. The summed E-state index contributed by atoms with van der Waals surface area (Å²) in [5.74, 6) is 0.621. The Labute approximate surface area is 245 Å². The lowest BCUT2D eigenvalue weighted by Gasteiger charge is -2.35. The summed E-state index contributed by atoms with van der Waals surface area (Å²) >= 11 is 12.6. The van der Waals surface area contributed by atoms with E-state index in [2.05, 4.69) is 10.2 Å². The van der Waals surface area contributed by atoms with E-state index in [0.29, 0.717) is 85.5 Å². The molecule has 1 saturated heterocycles. The lowest BCUT2D eigenvalue weighted by molar-refractivity contribution is -0.140. The summed E-state index contributed by atoms with van der Waals surface area (Å²) in [6.07, 6.45) is -1.86. The highest BCUT2D eigenvalue weighted by Gasteiger charge is 2.34. The number of nitrogens with one attached hydrogen (secondary N) is 1. The molecule has 5 rings (SSSR count). The summed E-state index contributed by atoms with van der Waals surface area (Å²) in [6, 6.07) is 10.6. The van der Waals surface area contributed by atoms with Crippen molar-refractivity contribution in [2.45, 2.75) is 50.6 Å². The van der Waals surface area contributed by atoms with Crippen LogP contribution < -0.4 is 5.32 Å². The number of piperazine rings is 1. The lowest BCUT2D eigenvalue weighted by Crippen LogP contribution is -2.49. The van der Waals surface area contributed by atoms with Crippen molar-refractivity contribution >= 4 is 45.8 Å². The van der Waals surface area contributed by atoms with E-state index in [4.69, 9.17) is 37.6 Å². The average molecular weight is 609 g/mol. The molecule has 2 heterocycles. The van der Waals surface area contributed by atoms with Gasteiger partial charge in [0.15, 0.2) is 0 Å². The second-order valence-electron chi connectivity index (χ2n) is 10.4. The number of furan rings is 1. The van der Waals surface area contributed by atoms with E-state index >= 15 is 0 Å². The van der Waals surface area contributed by atoms with Gasteiger partial charge in [-0.1, -0.05) is 23.2 Å². The first-order valence-corrected chi connectivity index (χ1v) is 14.2. The summed E-state index contributed by atoms with van der Waals surface area (Å²) in [5, 5.41) is 14.1. The fraction of sp³-hybridized carbons (Fsp3) is 0.448. The number of halogens is 5. The number of benzene rings is 2. The molecule has 3 aromatic rings. The van der Waals surface area contributed by atoms with Crippen LogP contribution in [0.5, 0.6) is 0 Å². The molecule has 41 heavy (non-hydrogen) atoms. The second kappa shape index (κ2) is 12.5. The van der Waals surface area contributed by atoms with Gasteiger partial charge in [0.05, 0.1) is 34.9 Å². The Morgan fingerprint density at radius 1 is 1.07 bits per heavy atom. The number of nitrogens with zero attached hydrogens (tertiary/aromatic N) is 3. The number of hydrogen-bond donors (Lipinski definition) is 1. The molecular weight excluding hydrogens is 580 g/mol. The first-order chi connectivity index (χ1) is 19.6. The minimum atomic E-state index is -4.59. The number of hydrogen-bond acceptors (Lipinski definition) is 6. The Bertz CT molecular complexity index is 1440. The Hall–Kier alpha value is -2.97. The molecule has 1 aliphatic carbocycles. The van der Waals surface area contributed by atoms with Gasteiger partial charge in [-0.25, -0.2) is 0 Å². The number of alkyl halides is 3. The minimum Gasteiger partial charge on any atom is -0.458 e. The highest BCUT2D eigenvalue weighted by atomic mass is 35.5. The third-order valence-corrected chi connectivity index (χ3v) is 8.33. The molecular formula is C29H29Cl2F3N4O3. The molecule has 0 unspecified atom stereocenters. The maximum Gasteiger partial charge on any atom is 0.417 e. The van der Waals surface area contributed by atoms with Crippen LogP contribution in [0, 0.1) is 11.3 Å². The minimum absolute atomic E-state index is 0.00346. The number of rotatable bonds is 7. The van der Waals surface area contributed by atoms with Crippen LogP contribution in [0.1, 0.15) is 42.6 Å². The van der Waals surface area contributed by atoms with Crippen molar-refractivity contribution in [1.82, 2.24) is 9.80 Å². The highest BCUT2D eigenvalue weighted by Crippen LogP contribution is 2.35. The van der Waals surface area contributed by atoms with Crippen molar-refractivity contribution in [1.29, 1.82) is 5.26 Å². The molecule has 1 aromatic heterocycles. The van der Waals surface area contributed by atoms with Crippen molar-refractivity contribution in [3.05, 3.63) is 63.3 Å². The summed E-state index contributed by atoms with van der Waals surface area (Å²) in [6.45, 7) is 3.06. The first-order valence-electron chi connectivity index (χ1n) is 13.5. The Kier molecular flexibility index (Phi) is 9.00.